The monoisotopic (exact) mass is 286 g/mol. The molecule has 1 aromatic carbocycles. The second kappa shape index (κ2) is 5.53. The van der Waals surface area contributed by atoms with Gasteiger partial charge in [-0.25, -0.2) is 0 Å². The van der Waals surface area contributed by atoms with Crippen LogP contribution in [0.4, 0.5) is 0 Å². The fraction of sp³-hybridized carbons (Fsp3) is 0.471. The number of hydrogen-bond donors (Lipinski definition) is 2. The van der Waals surface area contributed by atoms with E-state index < -0.39 is 0 Å². The first-order chi connectivity index (χ1) is 10.1. The summed E-state index contributed by atoms with van der Waals surface area (Å²) in [5, 5.41) is 13.4. The average Bonchev–Trinajstić information content (AvgIpc) is 3.23. The minimum absolute atomic E-state index is 0.0187. The lowest BCUT2D eigenvalue weighted by atomic mass is 10.1. The minimum Gasteiger partial charge on any atom is -0.396 e. The van der Waals surface area contributed by atoms with Gasteiger partial charge in [-0.1, -0.05) is 18.2 Å². The average molecular weight is 286 g/mol. The second-order valence-electron chi connectivity index (χ2n) is 6.22. The molecule has 0 saturated heterocycles. The van der Waals surface area contributed by atoms with E-state index >= 15 is 0 Å². The first-order valence-electron chi connectivity index (χ1n) is 7.54. The zero-order valence-corrected chi connectivity index (χ0v) is 12.4. The predicted octanol–water partition coefficient (Wildman–Crippen LogP) is 2.00. The van der Waals surface area contributed by atoms with Crippen molar-refractivity contribution in [1.82, 2.24) is 9.88 Å². The van der Waals surface area contributed by atoms with Crippen molar-refractivity contribution in [1.29, 1.82) is 0 Å². The van der Waals surface area contributed by atoms with Gasteiger partial charge in [0.15, 0.2) is 0 Å². The summed E-state index contributed by atoms with van der Waals surface area (Å²) in [5.74, 6) is 0.0719. The smallest absolute Gasteiger partial charge is 0.220 e. The third kappa shape index (κ3) is 2.95. The number of fused-ring (bicyclic) bond motifs is 1. The van der Waals surface area contributed by atoms with Crippen molar-refractivity contribution in [2.45, 2.75) is 25.7 Å². The third-order valence-electron chi connectivity index (χ3n) is 4.55. The molecule has 0 atom stereocenters. The van der Waals surface area contributed by atoms with Crippen LogP contribution in [0.2, 0.25) is 0 Å². The van der Waals surface area contributed by atoms with Crippen LogP contribution in [-0.2, 0) is 18.3 Å². The van der Waals surface area contributed by atoms with Crippen LogP contribution in [0.3, 0.4) is 0 Å². The molecule has 0 radical (unpaired) electrons. The van der Waals surface area contributed by atoms with Gasteiger partial charge in [0.2, 0.25) is 5.91 Å². The van der Waals surface area contributed by atoms with Gasteiger partial charge in [0.25, 0.3) is 0 Å². The van der Waals surface area contributed by atoms with Crippen LogP contribution < -0.4 is 5.32 Å². The van der Waals surface area contributed by atoms with E-state index in [9.17, 15) is 9.90 Å². The van der Waals surface area contributed by atoms with Crippen LogP contribution in [0.15, 0.2) is 30.5 Å². The number of amides is 1. The van der Waals surface area contributed by atoms with Crippen LogP contribution in [0, 0.1) is 5.41 Å². The summed E-state index contributed by atoms with van der Waals surface area (Å²) in [6, 6.07) is 8.26. The number of aliphatic hydroxyl groups is 1. The number of nitrogens with zero attached hydrogens (tertiary/aromatic N) is 1. The maximum atomic E-state index is 12.0. The molecule has 0 spiro atoms. The first kappa shape index (κ1) is 14.1. The van der Waals surface area contributed by atoms with Gasteiger partial charge in [0.1, 0.15) is 0 Å². The lowest BCUT2D eigenvalue weighted by Gasteiger charge is -2.12. The summed E-state index contributed by atoms with van der Waals surface area (Å²) < 4.78 is 2.10. The maximum Gasteiger partial charge on any atom is 0.220 e. The Hall–Kier alpha value is -1.81. The fourth-order valence-corrected chi connectivity index (χ4v) is 2.82. The highest BCUT2D eigenvalue weighted by molar-refractivity contribution is 5.84. The number of aromatic nitrogens is 1. The Bertz CT molecular complexity index is 656. The Morgan fingerprint density at radius 3 is 2.86 bits per heavy atom. The number of aryl methyl sites for hydroxylation is 2. The molecule has 0 bridgehead atoms. The summed E-state index contributed by atoms with van der Waals surface area (Å²) in [4.78, 5) is 12.0. The number of rotatable bonds is 6. The molecular weight excluding hydrogens is 264 g/mol. The standard InChI is InChI=1S/C17H22N2O2/c1-19-10-13(14-4-2-3-5-15(14)19)6-7-16(21)18-11-17(12-20)8-9-17/h2-5,10,20H,6-9,11-12H2,1H3,(H,18,21). The normalized spacial score (nSPS) is 16.1. The van der Waals surface area contributed by atoms with E-state index in [0.29, 0.717) is 13.0 Å². The molecule has 1 amide bonds. The van der Waals surface area contributed by atoms with E-state index in [0.717, 1.165) is 19.3 Å². The first-order valence-corrected chi connectivity index (χ1v) is 7.54. The van der Waals surface area contributed by atoms with Crippen LogP contribution in [0.25, 0.3) is 10.9 Å². The molecule has 1 heterocycles. The summed E-state index contributed by atoms with van der Waals surface area (Å²) >= 11 is 0. The summed E-state index contributed by atoms with van der Waals surface area (Å²) in [7, 11) is 2.03. The zero-order chi connectivity index (χ0) is 14.9. The Morgan fingerprint density at radius 1 is 1.38 bits per heavy atom. The van der Waals surface area contributed by atoms with Crippen molar-refractivity contribution in [3.05, 3.63) is 36.0 Å². The molecule has 21 heavy (non-hydrogen) atoms. The molecule has 1 saturated carbocycles. The molecule has 1 aliphatic carbocycles. The maximum absolute atomic E-state index is 12.0. The van der Waals surface area contributed by atoms with Gasteiger partial charge in [-0.05, 0) is 30.9 Å². The van der Waals surface area contributed by atoms with Gasteiger partial charge in [0, 0.05) is 42.5 Å². The summed E-state index contributed by atoms with van der Waals surface area (Å²) in [6.07, 6.45) is 5.39. The highest BCUT2D eigenvalue weighted by Crippen LogP contribution is 2.44. The van der Waals surface area contributed by atoms with Crippen molar-refractivity contribution >= 4 is 16.8 Å². The van der Waals surface area contributed by atoms with E-state index in [1.54, 1.807) is 0 Å². The second-order valence-corrected chi connectivity index (χ2v) is 6.22. The highest BCUT2D eigenvalue weighted by atomic mass is 16.3. The van der Waals surface area contributed by atoms with E-state index in [2.05, 4.69) is 28.2 Å². The van der Waals surface area contributed by atoms with Crippen molar-refractivity contribution in [3.63, 3.8) is 0 Å². The molecular formula is C17H22N2O2. The number of nitrogens with one attached hydrogen (secondary N) is 1. The Labute approximate surface area is 124 Å². The molecule has 1 fully saturated rings. The number of benzene rings is 1. The third-order valence-corrected chi connectivity index (χ3v) is 4.55. The van der Waals surface area contributed by atoms with Gasteiger partial charge in [0.05, 0.1) is 6.61 Å². The minimum atomic E-state index is -0.0187. The largest absolute Gasteiger partial charge is 0.396 e. The molecule has 1 aliphatic rings. The van der Waals surface area contributed by atoms with Crippen molar-refractivity contribution in [2.24, 2.45) is 12.5 Å². The van der Waals surface area contributed by atoms with Crippen LogP contribution in [-0.4, -0.2) is 28.7 Å². The Morgan fingerprint density at radius 2 is 2.14 bits per heavy atom. The van der Waals surface area contributed by atoms with E-state index in [1.165, 1.54) is 16.5 Å². The number of carbonyl (C=O) groups is 1. The molecule has 2 N–H and O–H groups in total. The van der Waals surface area contributed by atoms with E-state index in [4.69, 9.17) is 0 Å². The molecule has 4 heteroatoms. The lowest BCUT2D eigenvalue weighted by molar-refractivity contribution is -0.121. The van der Waals surface area contributed by atoms with Gasteiger partial charge in [-0.15, -0.1) is 0 Å². The molecule has 1 aromatic heterocycles. The van der Waals surface area contributed by atoms with E-state index in [1.807, 2.05) is 19.2 Å². The van der Waals surface area contributed by atoms with Crippen molar-refractivity contribution in [3.8, 4) is 0 Å². The molecule has 0 unspecified atom stereocenters. The molecule has 112 valence electrons. The topological polar surface area (TPSA) is 54.3 Å². The highest BCUT2D eigenvalue weighted by Gasteiger charge is 2.41. The van der Waals surface area contributed by atoms with Crippen molar-refractivity contribution in [2.75, 3.05) is 13.2 Å². The molecule has 0 aliphatic heterocycles. The fourth-order valence-electron chi connectivity index (χ4n) is 2.82. The van der Waals surface area contributed by atoms with Crippen LogP contribution in [0.5, 0.6) is 0 Å². The quantitative estimate of drug-likeness (QED) is 0.853. The molecule has 2 aromatic rings. The molecule has 3 rings (SSSR count). The van der Waals surface area contributed by atoms with E-state index in [-0.39, 0.29) is 17.9 Å². The Kier molecular flexibility index (Phi) is 3.72. The van der Waals surface area contributed by atoms with Crippen LogP contribution >= 0.6 is 0 Å². The van der Waals surface area contributed by atoms with Crippen molar-refractivity contribution < 1.29 is 9.90 Å². The van der Waals surface area contributed by atoms with Gasteiger partial charge >= 0.3 is 0 Å². The van der Waals surface area contributed by atoms with Gasteiger partial charge in [-0.2, -0.15) is 0 Å². The zero-order valence-electron chi connectivity index (χ0n) is 12.4. The van der Waals surface area contributed by atoms with Gasteiger partial charge in [-0.3, -0.25) is 4.79 Å². The van der Waals surface area contributed by atoms with Crippen LogP contribution in [0.1, 0.15) is 24.8 Å². The number of carbonyl (C=O) groups excluding carboxylic acids is 1. The number of hydrogen-bond acceptors (Lipinski definition) is 2. The lowest BCUT2D eigenvalue weighted by Crippen LogP contribution is -2.31. The molecule has 4 nitrogen and oxygen atoms in total. The number of aliphatic hydroxyl groups excluding tert-OH is 1. The summed E-state index contributed by atoms with van der Waals surface area (Å²) in [5.41, 5.74) is 2.39. The summed E-state index contributed by atoms with van der Waals surface area (Å²) in [6.45, 7) is 0.786. The Balaban J connectivity index is 1.57. The van der Waals surface area contributed by atoms with Gasteiger partial charge < -0.3 is 15.0 Å². The number of para-hydroxylation sites is 1. The SMILES string of the molecule is Cn1cc(CCC(=O)NCC2(CO)CC2)c2ccccc21. The predicted molar refractivity (Wildman–Crippen MR) is 83.0 cm³/mol.